The van der Waals surface area contributed by atoms with Crippen molar-refractivity contribution in [2.75, 3.05) is 38.8 Å². The number of anilines is 2. The van der Waals surface area contributed by atoms with Gasteiger partial charge in [-0.2, -0.15) is 0 Å². The molecule has 0 unspecified atom stereocenters. The zero-order chi connectivity index (χ0) is 24.5. The fraction of sp³-hybridized carbons (Fsp3) is 0.385. The van der Waals surface area contributed by atoms with Crippen LogP contribution in [-0.4, -0.2) is 44.4 Å². The summed E-state index contributed by atoms with van der Waals surface area (Å²) in [5.41, 5.74) is 10.6. The molecule has 0 radical (unpaired) electrons. The highest BCUT2D eigenvalue weighted by Crippen LogP contribution is 2.38. The van der Waals surface area contributed by atoms with E-state index in [-0.39, 0.29) is 0 Å². The molecule has 0 saturated heterocycles. The summed E-state index contributed by atoms with van der Waals surface area (Å²) in [6.07, 6.45) is 2.32. The molecule has 3 rings (SSSR count). The normalized spacial score (nSPS) is 10.9. The van der Waals surface area contributed by atoms with Crippen LogP contribution in [0.4, 0.5) is 11.4 Å². The maximum atomic E-state index is 12.3. The van der Waals surface area contributed by atoms with E-state index in [1.54, 1.807) is 7.11 Å². The average Bonchev–Trinajstić information content (AvgIpc) is 2.83. The lowest BCUT2D eigenvalue weighted by atomic mass is 10.0. The molecule has 0 aliphatic carbocycles. The monoisotopic (exact) mass is 466 g/mol. The second-order valence-electron chi connectivity index (χ2n) is 7.68. The van der Waals surface area contributed by atoms with E-state index in [2.05, 4.69) is 28.6 Å². The van der Waals surface area contributed by atoms with Crippen molar-refractivity contribution in [1.29, 1.82) is 0 Å². The standard InChI is InChI=1S/C26H34N4O4/c1-5-18-17(15-28-11-12-32-4)9-8-10-21(18)30-25-19-13-23(33-6-2)24(34-7-3)14-22(19)29-16-20(25)26(27)31/h8-10,13-14,16,28H,5-7,11-12,15H2,1-4H3,(H2,27,31)(H,29,30). The molecule has 0 aliphatic rings. The Bertz CT molecular complexity index is 1130. The van der Waals surface area contributed by atoms with E-state index in [9.17, 15) is 4.79 Å². The number of carbonyl (C=O) groups is 1. The van der Waals surface area contributed by atoms with Crippen molar-refractivity contribution in [3.63, 3.8) is 0 Å². The molecule has 8 heteroatoms. The van der Waals surface area contributed by atoms with Crippen molar-refractivity contribution in [2.45, 2.75) is 33.7 Å². The number of fused-ring (bicyclic) bond motifs is 1. The van der Waals surface area contributed by atoms with Gasteiger partial charge in [0.2, 0.25) is 0 Å². The number of hydrogen-bond donors (Lipinski definition) is 3. The predicted octanol–water partition coefficient (Wildman–Crippen LogP) is 4.17. The quantitative estimate of drug-likeness (QED) is 0.325. The van der Waals surface area contributed by atoms with Gasteiger partial charge in [-0.05, 0) is 43.5 Å². The van der Waals surface area contributed by atoms with Crippen LogP contribution >= 0.6 is 0 Å². The fourth-order valence-corrected chi connectivity index (χ4v) is 3.92. The number of methoxy groups -OCH3 is 1. The summed E-state index contributed by atoms with van der Waals surface area (Å²) in [4.78, 5) is 16.8. The first-order chi connectivity index (χ1) is 16.5. The van der Waals surface area contributed by atoms with E-state index in [0.29, 0.717) is 54.6 Å². The Morgan fingerprint density at radius 1 is 1.09 bits per heavy atom. The van der Waals surface area contributed by atoms with Crippen molar-refractivity contribution in [2.24, 2.45) is 5.73 Å². The van der Waals surface area contributed by atoms with E-state index in [0.717, 1.165) is 29.6 Å². The van der Waals surface area contributed by atoms with Crippen molar-refractivity contribution >= 4 is 28.2 Å². The predicted molar refractivity (Wildman–Crippen MR) is 135 cm³/mol. The molecular weight excluding hydrogens is 432 g/mol. The zero-order valence-electron chi connectivity index (χ0n) is 20.4. The van der Waals surface area contributed by atoms with Crippen molar-refractivity contribution in [3.8, 4) is 11.5 Å². The minimum absolute atomic E-state index is 0.310. The van der Waals surface area contributed by atoms with Crippen LogP contribution in [0, 0.1) is 0 Å². The van der Waals surface area contributed by atoms with Crippen LogP contribution in [0.2, 0.25) is 0 Å². The van der Waals surface area contributed by atoms with Crippen molar-refractivity contribution in [1.82, 2.24) is 10.3 Å². The second kappa shape index (κ2) is 12.2. The van der Waals surface area contributed by atoms with Crippen molar-refractivity contribution < 1.29 is 19.0 Å². The van der Waals surface area contributed by atoms with Gasteiger partial charge in [-0.3, -0.25) is 9.78 Å². The fourth-order valence-electron chi connectivity index (χ4n) is 3.92. The Morgan fingerprint density at radius 2 is 1.82 bits per heavy atom. The van der Waals surface area contributed by atoms with Gasteiger partial charge in [-0.15, -0.1) is 0 Å². The zero-order valence-corrected chi connectivity index (χ0v) is 20.4. The third-order valence-electron chi connectivity index (χ3n) is 5.48. The molecule has 4 N–H and O–H groups in total. The van der Waals surface area contributed by atoms with Gasteiger partial charge in [0.1, 0.15) is 0 Å². The first-order valence-electron chi connectivity index (χ1n) is 11.6. The van der Waals surface area contributed by atoms with Crippen LogP contribution in [0.25, 0.3) is 10.9 Å². The van der Waals surface area contributed by atoms with E-state index in [1.807, 2.05) is 38.1 Å². The first kappa shape index (κ1) is 25.3. The molecule has 0 aliphatic heterocycles. The van der Waals surface area contributed by atoms with Gasteiger partial charge < -0.3 is 30.6 Å². The summed E-state index contributed by atoms with van der Waals surface area (Å²) < 4.78 is 16.7. The molecule has 0 fully saturated rings. The third-order valence-corrected chi connectivity index (χ3v) is 5.48. The van der Waals surface area contributed by atoms with Crippen LogP contribution in [0.3, 0.4) is 0 Å². The molecule has 1 heterocycles. The number of ether oxygens (including phenoxy) is 3. The number of aromatic nitrogens is 1. The molecule has 0 saturated carbocycles. The molecule has 1 aromatic heterocycles. The van der Waals surface area contributed by atoms with Crippen LogP contribution in [-0.2, 0) is 17.7 Å². The number of nitrogens with two attached hydrogens (primary N) is 1. The second-order valence-corrected chi connectivity index (χ2v) is 7.68. The number of nitrogens with zero attached hydrogens (tertiary/aromatic N) is 1. The van der Waals surface area contributed by atoms with Gasteiger partial charge in [0, 0.05) is 43.5 Å². The molecule has 0 atom stereocenters. The minimum atomic E-state index is -0.556. The lowest BCUT2D eigenvalue weighted by Crippen LogP contribution is -2.19. The molecule has 182 valence electrons. The maximum absolute atomic E-state index is 12.3. The number of pyridine rings is 1. The number of carbonyl (C=O) groups excluding carboxylic acids is 1. The summed E-state index contributed by atoms with van der Waals surface area (Å²) >= 11 is 0. The molecule has 0 bridgehead atoms. The largest absolute Gasteiger partial charge is 0.490 e. The number of benzene rings is 2. The highest BCUT2D eigenvalue weighted by molar-refractivity contribution is 6.08. The number of hydrogen-bond acceptors (Lipinski definition) is 7. The number of amides is 1. The van der Waals surface area contributed by atoms with Crippen molar-refractivity contribution in [3.05, 3.63) is 53.2 Å². The Hall–Kier alpha value is -3.36. The molecule has 0 spiro atoms. The SMILES string of the molecule is CCOc1cc2ncc(C(N)=O)c(Nc3cccc(CNCCOC)c3CC)c2cc1OCC. The Labute approximate surface area is 200 Å². The average molecular weight is 467 g/mol. The van der Waals surface area contributed by atoms with E-state index >= 15 is 0 Å². The van der Waals surface area contributed by atoms with Gasteiger partial charge in [-0.1, -0.05) is 19.1 Å². The summed E-state index contributed by atoms with van der Waals surface area (Å²) in [5, 5.41) is 7.62. The highest BCUT2D eigenvalue weighted by Gasteiger charge is 2.18. The van der Waals surface area contributed by atoms with Crippen LogP contribution in [0.1, 0.15) is 42.3 Å². The van der Waals surface area contributed by atoms with E-state index < -0.39 is 5.91 Å². The molecular formula is C26H34N4O4. The molecule has 8 nitrogen and oxygen atoms in total. The first-order valence-corrected chi connectivity index (χ1v) is 11.6. The third kappa shape index (κ3) is 5.76. The van der Waals surface area contributed by atoms with E-state index in [1.165, 1.54) is 11.8 Å². The van der Waals surface area contributed by atoms with Crippen LogP contribution < -0.4 is 25.8 Å². The smallest absolute Gasteiger partial charge is 0.252 e. The van der Waals surface area contributed by atoms with Gasteiger partial charge in [0.15, 0.2) is 11.5 Å². The number of primary amides is 1. The van der Waals surface area contributed by atoms with Gasteiger partial charge >= 0.3 is 0 Å². The lowest BCUT2D eigenvalue weighted by Gasteiger charge is -2.19. The number of rotatable bonds is 13. The van der Waals surface area contributed by atoms with Gasteiger partial charge in [0.05, 0.1) is 36.6 Å². The Kier molecular flexibility index (Phi) is 9.07. The summed E-state index contributed by atoms with van der Waals surface area (Å²) in [5.74, 6) is 0.648. The Balaban J connectivity index is 2.10. The highest BCUT2D eigenvalue weighted by atomic mass is 16.5. The summed E-state index contributed by atoms with van der Waals surface area (Å²) in [7, 11) is 1.69. The topological polar surface area (TPSA) is 108 Å². The molecule has 1 amide bonds. The maximum Gasteiger partial charge on any atom is 0.252 e. The van der Waals surface area contributed by atoms with E-state index in [4.69, 9.17) is 19.9 Å². The van der Waals surface area contributed by atoms with Crippen LogP contribution in [0.15, 0.2) is 36.5 Å². The lowest BCUT2D eigenvalue weighted by molar-refractivity contribution is 0.100. The molecule has 34 heavy (non-hydrogen) atoms. The number of nitrogens with one attached hydrogen (secondary N) is 2. The van der Waals surface area contributed by atoms with Gasteiger partial charge in [0.25, 0.3) is 5.91 Å². The minimum Gasteiger partial charge on any atom is -0.490 e. The molecule has 2 aromatic carbocycles. The summed E-state index contributed by atoms with van der Waals surface area (Å²) in [6.45, 7) is 9.05. The summed E-state index contributed by atoms with van der Waals surface area (Å²) in [6, 6.07) is 9.79. The molecule has 3 aromatic rings. The van der Waals surface area contributed by atoms with Crippen LogP contribution in [0.5, 0.6) is 11.5 Å². The van der Waals surface area contributed by atoms with Gasteiger partial charge in [-0.25, -0.2) is 0 Å². The Morgan fingerprint density at radius 3 is 2.47 bits per heavy atom.